The van der Waals surface area contributed by atoms with Crippen molar-refractivity contribution < 1.29 is 9.53 Å². The largest absolute Gasteiger partial charge is 0.444 e. The molecule has 0 atom stereocenters. The van der Waals surface area contributed by atoms with Crippen LogP contribution in [-0.2, 0) is 11.8 Å². The molecule has 5 aromatic heterocycles. The summed E-state index contributed by atoms with van der Waals surface area (Å²) in [6.45, 7) is 5.34. The Labute approximate surface area is 179 Å². The van der Waals surface area contributed by atoms with E-state index in [0.717, 1.165) is 15.3 Å². The number of thiazole rings is 1. The molecule has 2 N–H and O–H groups in total. The van der Waals surface area contributed by atoms with Gasteiger partial charge in [0.15, 0.2) is 0 Å². The average Bonchev–Trinajstić information content (AvgIpc) is 3.33. The first-order valence-corrected chi connectivity index (χ1v) is 10.3. The Kier molecular flexibility index (Phi) is 4.12. The number of ether oxygens (including phenoxy) is 1. The molecule has 0 spiro atoms. The molecule has 158 valence electrons. The molecule has 0 unspecified atom stereocenters. The van der Waals surface area contributed by atoms with E-state index in [-0.39, 0.29) is 5.56 Å². The van der Waals surface area contributed by atoms with Crippen LogP contribution >= 0.6 is 11.3 Å². The van der Waals surface area contributed by atoms with E-state index in [1.54, 1.807) is 42.2 Å². The van der Waals surface area contributed by atoms with Gasteiger partial charge in [-0.15, -0.1) is 11.3 Å². The Morgan fingerprint density at radius 2 is 2.03 bits per heavy atom. The normalized spacial score (nSPS) is 12.1. The Morgan fingerprint density at radius 1 is 1.23 bits per heavy atom. The molecule has 0 saturated carbocycles. The maximum atomic E-state index is 12.9. The summed E-state index contributed by atoms with van der Waals surface area (Å²) in [5, 5.41) is 11.9. The third-order valence-electron chi connectivity index (χ3n) is 4.53. The first kappa shape index (κ1) is 19.2. The van der Waals surface area contributed by atoms with Crippen molar-refractivity contribution in [2.24, 2.45) is 7.05 Å². The van der Waals surface area contributed by atoms with Crippen LogP contribution in [0.2, 0.25) is 0 Å². The number of anilines is 1. The zero-order valence-electron chi connectivity index (χ0n) is 17.3. The summed E-state index contributed by atoms with van der Waals surface area (Å²) in [4.78, 5) is 33.9. The molecule has 0 saturated heterocycles. The fourth-order valence-electron chi connectivity index (χ4n) is 3.32. The van der Waals surface area contributed by atoms with Gasteiger partial charge < -0.3 is 9.72 Å². The van der Waals surface area contributed by atoms with E-state index in [2.05, 4.69) is 25.5 Å². The van der Waals surface area contributed by atoms with E-state index in [9.17, 15) is 9.59 Å². The monoisotopic (exact) mass is 437 g/mol. The van der Waals surface area contributed by atoms with Crippen molar-refractivity contribution in [3.05, 3.63) is 41.2 Å². The number of rotatable bonds is 2. The van der Waals surface area contributed by atoms with Gasteiger partial charge in [-0.3, -0.25) is 19.8 Å². The molecule has 0 aromatic carbocycles. The second-order valence-corrected chi connectivity index (χ2v) is 9.20. The van der Waals surface area contributed by atoms with Gasteiger partial charge in [0.1, 0.15) is 26.9 Å². The van der Waals surface area contributed by atoms with Gasteiger partial charge in [0.2, 0.25) is 0 Å². The highest BCUT2D eigenvalue weighted by atomic mass is 32.1. The highest BCUT2D eigenvalue weighted by Crippen LogP contribution is 2.33. The molecule has 5 aromatic rings. The third kappa shape index (κ3) is 3.42. The van der Waals surface area contributed by atoms with Crippen molar-refractivity contribution in [2.75, 3.05) is 5.32 Å². The number of aromatic nitrogens is 6. The molecule has 0 bridgehead atoms. The number of fused-ring (bicyclic) bond motifs is 5. The van der Waals surface area contributed by atoms with Crippen LogP contribution in [0.5, 0.6) is 0 Å². The topological polar surface area (TPSA) is 119 Å². The van der Waals surface area contributed by atoms with Crippen molar-refractivity contribution in [3.8, 4) is 10.4 Å². The maximum absolute atomic E-state index is 12.9. The summed E-state index contributed by atoms with van der Waals surface area (Å²) in [5.74, 6) is 0. The molecule has 0 aliphatic carbocycles. The van der Waals surface area contributed by atoms with E-state index in [0.29, 0.717) is 27.6 Å². The lowest BCUT2D eigenvalue weighted by molar-refractivity contribution is 0.0636. The average molecular weight is 437 g/mol. The molecule has 0 aliphatic rings. The lowest BCUT2D eigenvalue weighted by Crippen LogP contribution is -2.27. The van der Waals surface area contributed by atoms with Crippen LogP contribution in [0.25, 0.3) is 37.2 Å². The minimum Gasteiger partial charge on any atom is -0.444 e. The minimum absolute atomic E-state index is 0.270. The van der Waals surface area contributed by atoms with Gasteiger partial charge in [-0.1, -0.05) is 0 Å². The Hall–Kier alpha value is -3.73. The van der Waals surface area contributed by atoms with Crippen molar-refractivity contribution in [3.63, 3.8) is 0 Å². The Morgan fingerprint density at radius 3 is 2.74 bits per heavy atom. The fourth-order valence-corrected chi connectivity index (χ4v) is 4.38. The number of carbonyl (C=O) groups excluding carboxylic acids is 1. The van der Waals surface area contributed by atoms with Crippen molar-refractivity contribution in [1.29, 1.82) is 0 Å². The number of aromatic amines is 1. The van der Waals surface area contributed by atoms with Gasteiger partial charge in [0, 0.05) is 25.0 Å². The van der Waals surface area contributed by atoms with Crippen LogP contribution in [0.4, 0.5) is 10.5 Å². The van der Waals surface area contributed by atoms with Gasteiger partial charge in [0.05, 0.1) is 28.5 Å². The molecule has 11 heteroatoms. The smallest absolute Gasteiger partial charge is 0.412 e. The van der Waals surface area contributed by atoms with Gasteiger partial charge >= 0.3 is 6.09 Å². The predicted octanol–water partition coefficient (Wildman–Crippen LogP) is 3.53. The number of pyridine rings is 2. The lowest BCUT2D eigenvalue weighted by Gasteiger charge is -2.19. The number of nitrogens with zero attached hydrogens (tertiary/aromatic N) is 5. The number of hydrogen-bond donors (Lipinski definition) is 2. The summed E-state index contributed by atoms with van der Waals surface area (Å²) in [7, 11) is 1.85. The predicted molar refractivity (Wildman–Crippen MR) is 119 cm³/mol. The highest BCUT2D eigenvalue weighted by molar-refractivity contribution is 7.21. The molecule has 0 radical (unpaired) electrons. The van der Waals surface area contributed by atoms with Gasteiger partial charge in [-0.05, 0) is 26.8 Å². The summed E-state index contributed by atoms with van der Waals surface area (Å²) < 4.78 is 8.68. The van der Waals surface area contributed by atoms with Crippen LogP contribution in [-0.4, -0.2) is 41.1 Å². The van der Waals surface area contributed by atoms with Crippen LogP contribution < -0.4 is 10.9 Å². The van der Waals surface area contributed by atoms with E-state index >= 15 is 0 Å². The van der Waals surface area contributed by atoms with Crippen molar-refractivity contribution in [2.45, 2.75) is 26.4 Å². The van der Waals surface area contributed by atoms with Gasteiger partial charge in [-0.25, -0.2) is 9.31 Å². The molecule has 31 heavy (non-hydrogen) atoms. The first-order chi connectivity index (χ1) is 14.7. The third-order valence-corrected chi connectivity index (χ3v) is 5.68. The van der Waals surface area contributed by atoms with E-state index in [4.69, 9.17) is 4.74 Å². The number of carbonyl (C=O) groups is 1. The quantitative estimate of drug-likeness (QED) is 0.436. The number of amides is 1. The lowest BCUT2D eigenvalue weighted by atomic mass is 10.2. The summed E-state index contributed by atoms with van der Waals surface area (Å²) >= 11 is 1.47. The van der Waals surface area contributed by atoms with Crippen molar-refractivity contribution >= 4 is 49.9 Å². The van der Waals surface area contributed by atoms with Crippen LogP contribution in [0, 0.1) is 0 Å². The molecule has 0 aliphatic heterocycles. The molecule has 5 heterocycles. The summed E-state index contributed by atoms with van der Waals surface area (Å²) in [6, 6.07) is 1.64. The SMILES string of the molecule is Cn1cc(-c2cn3nc4c5ncc(NC(=O)OC(C)(C)C)cc5[nH]c(=O)c4c3s2)cn1. The second-order valence-electron chi connectivity index (χ2n) is 8.17. The zero-order valence-corrected chi connectivity index (χ0v) is 18.1. The molecule has 1 amide bonds. The summed E-state index contributed by atoms with van der Waals surface area (Å²) in [5.41, 5.74) is 2.01. The van der Waals surface area contributed by atoms with E-state index in [1.165, 1.54) is 17.5 Å². The standard InChI is InChI=1S/C20H19N7O3S/c1-20(2,3)30-19(29)23-11-5-12-15(21-7-11)16-14(17(28)24-12)18-27(25-16)9-13(31-18)10-6-22-26(4)8-10/h5-9H,1-4H3,(H,23,29)(H,24,28). The van der Waals surface area contributed by atoms with E-state index in [1.807, 2.05) is 19.4 Å². The maximum Gasteiger partial charge on any atom is 0.412 e. The molecule has 0 fully saturated rings. The van der Waals surface area contributed by atoms with Crippen LogP contribution in [0.3, 0.4) is 0 Å². The summed E-state index contributed by atoms with van der Waals surface area (Å²) in [6.07, 6.45) is 6.48. The van der Waals surface area contributed by atoms with Crippen molar-refractivity contribution in [1.82, 2.24) is 29.4 Å². The van der Waals surface area contributed by atoms with E-state index < -0.39 is 11.7 Å². The molecular weight excluding hydrogens is 418 g/mol. The molecular formula is C20H19N7O3S. The number of H-pyrrole nitrogens is 1. The number of nitrogens with one attached hydrogen (secondary N) is 2. The van der Waals surface area contributed by atoms with Gasteiger partial charge in [0.25, 0.3) is 5.56 Å². The highest BCUT2D eigenvalue weighted by Gasteiger charge is 2.19. The first-order valence-electron chi connectivity index (χ1n) is 9.51. The van der Waals surface area contributed by atoms with Crippen LogP contribution in [0.15, 0.2) is 35.6 Å². The fraction of sp³-hybridized carbons (Fsp3) is 0.250. The zero-order chi connectivity index (χ0) is 21.9. The molecule has 10 nitrogen and oxygen atoms in total. The minimum atomic E-state index is -0.619. The number of aryl methyl sites for hydroxylation is 1. The Bertz CT molecular complexity index is 1530. The second kappa shape index (κ2) is 6.64. The molecule has 5 rings (SSSR count). The van der Waals surface area contributed by atoms with Gasteiger partial charge in [-0.2, -0.15) is 10.2 Å². The Balaban J connectivity index is 1.58. The van der Waals surface area contributed by atoms with Crippen LogP contribution in [0.1, 0.15) is 20.8 Å². The number of hydrogen-bond acceptors (Lipinski definition) is 7.